The van der Waals surface area contributed by atoms with Crippen LogP contribution in [-0.4, -0.2) is 26.0 Å². The van der Waals surface area contributed by atoms with Gasteiger partial charge in [0, 0.05) is 15.7 Å². The number of nitrogen functional groups attached to an aromatic ring is 1. The van der Waals surface area contributed by atoms with Crippen LogP contribution in [0.15, 0.2) is 58.2 Å². The van der Waals surface area contributed by atoms with Crippen LogP contribution in [0.1, 0.15) is 6.92 Å². The lowest BCUT2D eigenvalue weighted by atomic mass is 10.2. The summed E-state index contributed by atoms with van der Waals surface area (Å²) in [6.07, 6.45) is 0. The van der Waals surface area contributed by atoms with Crippen molar-refractivity contribution in [2.75, 3.05) is 11.2 Å². The van der Waals surface area contributed by atoms with E-state index in [1.54, 1.807) is 25.1 Å². The Labute approximate surface area is 162 Å². The first-order chi connectivity index (χ1) is 12.4. The topological polar surface area (TPSA) is 85.8 Å². The van der Waals surface area contributed by atoms with Gasteiger partial charge in [0.05, 0.1) is 5.25 Å². The Morgan fingerprint density at radius 3 is 2.69 bits per heavy atom. The number of hydrogen-bond acceptors (Lipinski definition) is 5. The predicted octanol–water partition coefficient (Wildman–Crippen LogP) is 3.68. The van der Waals surface area contributed by atoms with Gasteiger partial charge in [-0.05, 0) is 49.4 Å². The Hall–Kier alpha value is -2.39. The van der Waals surface area contributed by atoms with E-state index in [2.05, 4.69) is 31.4 Å². The summed E-state index contributed by atoms with van der Waals surface area (Å²) in [5.41, 5.74) is 1.33. The van der Waals surface area contributed by atoms with Gasteiger partial charge in [-0.1, -0.05) is 33.8 Å². The lowest BCUT2D eigenvalue weighted by Gasteiger charge is -2.11. The zero-order valence-electron chi connectivity index (χ0n) is 13.7. The van der Waals surface area contributed by atoms with Crippen molar-refractivity contribution in [1.82, 2.24) is 14.9 Å². The van der Waals surface area contributed by atoms with Crippen molar-refractivity contribution in [2.24, 2.45) is 0 Å². The smallest absolute Gasteiger partial charge is 0.237 e. The number of carbonyl (C=O) groups excluding carboxylic acids is 1. The molecule has 0 radical (unpaired) electrons. The number of rotatable bonds is 5. The van der Waals surface area contributed by atoms with Crippen LogP contribution in [0.2, 0.25) is 0 Å². The largest absolute Gasteiger partial charge is 0.335 e. The maximum Gasteiger partial charge on any atom is 0.237 e. The van der Waals surface area contributed by atoms with Gasteiger partial charge in [0.15, 0.2) is 5.82 Å². The standard InChI is InChI=1S/C17H15BrFN5OS/c1-10(16(25)21-14-4-2-3-12(18)9-14)26-17-23-22-15(24(17)20)11-5-7-13(19)8-6-11/h2-10H,20H2,1H3,(H,21,25). The molecule has 3 rings (SSSR count). The summed E-state index contributed by atoms with van der Waals surface area (Å²) in [4.78, 5) is 12.4. The Morgan fingerprint density at radius 1 is 1.27 bits per heavy atom. The third kappa shape index (κ3) is 4.23. The van der Waals surface area contributed by atoms with Crippen LogP contribution in [0.5, 0.6) is 0 Å². The number of carbonyl (C=O) groups is 1. The molecule has 1 aromatic heterocycles. The summed E-state index contributed by atoms with van der Waals surface area (Å²) in [5.74, 6) is 5.90. The number of aromatic nitrogens is 3. The van der Waals surface area contributed by atoms with Crippen LogP contribution in [0.3, 0.4) is 0 Å². The van der Waals surface area contributed by atoms with Crippen molar-refractivity contribution < 1.29 is 9.18 Å². The highest BCUT2D eigenvalue weighted by Gasteiger charge is 2.20. The minimum absolute atomic E-state index is 0.181. The second-order valence-electron chi connectivity index (χ2n) is 5.44. The zero-order valence-corrected chi connectivity index (χ0v) is 16.1. The van der Waals surface area contributed by atoms with E-state index in [4.69, 9.17) is 5.84 Å². The molecule has 3 N–H and O–H groups in total. The molecule has 134 valence electrons. The van der Waals surface area contributed by atoms with Gasteiger partial charge in [0.25, 0.3) is 0 Å². The van der Waals surface area contributed by atoms with Crippen molar-refractivity contribution >= 4 is 39.3 Å². The molecule has 0 saturated carbocycles. The van der Waals surface area contributed by atoms with E-state index < -0.39 is 5.25 Å². The number of thioether (sulfide) groups is 1. The molecule has 1 atom stereocenters. The second kappa shape index (κ2) is 7.88. The first kappa shape index (κ1) is 18.4. The third-order valence-electron chi connectivity index (χ3n) is 3.51. The van der Waals surface area contributed by atoms with Crippen molar-refractivity contribution in [3.63, 3.8) is 0 Å². The van der Waals surface area contributed by atoms with Crippen LogP contribution < -0.4 is 11.2 Å². The molecule has 0 aliphatic carbocycles. The second-order valence-corrected chi connectivity index (χ2v) is 7.67. The van der Waals surface area contributed by atoms with Crippen LogP contribution in [0.25, 0.3) is 11.4 Å². The Kier molecular flexibility index (Phi) is 5.58. The van der Waals surface area contributed by atoms with Crippen molar-refractivity contribution in [2.45, 2.75) is 17.3 Å². The van der Waals surface area contributed by atoms with Gasteiger partial charge in [-0.2, -0.15) is 0 Å². The van der Waals surface area contributed by atoms with Crippen LogP contribution in [-0.2, 0) is 4.79 Å². The predicted molar refractivity (Wildman–Crippen MR) is 104 cm³/mol. The summed E-state index contributed by atoms with van der Waals surface area (Å²) in [6, 6.07) is 13.1. The highest BCUT2D eigenvalue weighted by Crippen LogP contribution is 2.26. The Morgan fingerprint density at radius 2 is 2.00 bits per heavy atom. The molecule has 1 heterocycles. The molecule has 9 heteroatoms. The minimum atomic E-state index is -0.443. The molecule has 2 aromatic carbocycles. The molecule has 1 amide bonds. The zero-order chi connectivity index (χ0) is 18.7. The van der Waals surface area contributed by atoms with Crippen molar-refractivity contribution in [3.8, 4) is 11.4 Å². The van der Waals surface area contributed by atoms with Gasteiger partial charge in [0.2, 0.25) is 11.1 Å². The Balaban J connectivity index is 1.70. The van der Waals surface area contributed by atoms with E-state index in [-0.39, 0.29) is 11.7 Å². The van der Waals surface area contributed by atoms with Crippen molar-refractivity contribution in [3.05, 3.63) is 58.8 Å². The molecule has 0 aliphatic heterocycles. The monoisotopic (exact) mass is 435 g/mol. The molecular weight excluding hydrogens is 421 g/mol. The molecule has 1 unspecified atom stereocenters. The highest BCUT2D eigenvalue weighted by molar-refractivity contribution is 9.10. The van der Waals surface area contributed by atoms with E-state index in [1.165, 1.54) is 28.6 Å². The molecule has 0 spiro atoms. The average molecular weight is 436 g/mol. The number of benzene rings is 2. The SMILES string of the molecule is CC(Sc1nnc(-c2ccc(F)cc2)n1N)C(=O)Nc1cccc(Br)c1. The van der Waals surface area contributed by atoms with Gasteiger partial charge >= 0.3 is 0 Å². The average Bonchev–Trinajstić information content (AvgIpc) is 2.96. The first-order valence-electron chi connectivity index (χ1n) is 7.63. The summed E-state index contributed by atoms with van der Waals surface area (Å²) in [5, 5.41) is 10.8. The maximum absolute atomic E-state index is 13.0. The van der Waals surface area contributed by atoms with E-state index in [0.29, 0.717) is 22.2 Å². The van der Waals surface area contributed by atoms with E-state index >= 15 is 0 Å². The molecule has 6 nitrogen and oxygen atoms in total. The summed E-state index contributed by atoms with van der Waals surface area (Å²) in [6.45, 7) is 1.75. The molecule has 0 saturated heterocycles. The van der Waals surface area contributed by atoms with Gasteiger partial charge in [-0.25, -0.2) is 9.07 Å². The molecular formula is C17H15BrFN5OS. The minimum Gasteiger partial charge on any atom is -0.335 e. The third-order valence-corrected chi connectivity index (χ3v) is 5.06. The fourth-order valence-electron chi connectivity index (χ4n) is 2.17. The van der Waals surface area contributed by atoms with E-state index in [9.17, 15) is 9.18 Å². The maximum atomic E-state index is 13.0. The summed E-state index contributed by atoms with van der Waals surface area (Å²) in [7, 11) is 0. The van der Waals surface area contributed by atoms with Gasteiger partial charge in [-0.15, -0.1) is 10.2 Å². The number of halogens is 2. The normalized spacial score (nSPS) is 12.0. The van der Waals surface area contributed by atoms with E-state index in [0.717, 1.165) is 4.47 Å². The van der Waals surface area contributed by atoms with Gasteiger partial charge in [0.1, 0.15) is 5.82 Å². The summed E-state index contributed by atoms with van der Waals surface area (Å²) >= 11 is 4.55. The fraction of sp³-hybridized carbons (Fsp3) is 0.118. The highest BCUT2D eigenvalue weighted by atomic mass is 79.9. The van der Waals surface area contributed by atoms with Gasteiger partial charge in [-0.3, -0.25) is 4.79 Å². The number of nitrogens with two attached hydrogens (primary N) is 1. The number of nitrogens with one attached hydrogen (secondary N) is 1. The number of anilines is 1. The number of nitrogens with zero attached hydrogens (tertiary/aromatic N) is 3. The lowest BCUT2D eigenvalue weighted by molar-refractivity contribution is -0.115. The molecule has 26 heavy (non-hydrogen) atoms. The quantitative estimate of drug-likeness (QED) is 0.471. The van der Waals surface area contributed by atoms with Crippen LogP contribution in [0.4, 0.5) is 10.1 Å². The first-order valence-corrected chi connectivity index (χ1v) is 9.31. The lowest BCUT2D eigenvalue weighted by Crippen LogP contribution is -2.23. The molecule has 0 bridgehead atoms. The molecule has 0 fully saturated rings. The van der Waals surface area contributed by atoms with E-state index in [1.807, 2.05) is 18.2 Å². The molecule has 3 aromatic rings. The Bertz CT molecular complexity index is 931. The number of amides is 1. The van der Waals surface area contributed by atoms with Gasteiger partial charge < -0.3 is 11.2 Å². The number of hydrogen-bond donors (Lipinski definition) is 2. The van der Waals surface area contributed by atoms with Crippen LogP contribution >= 0.6 is 27.7 Å². The molecule has 0 aliphatic rings. The van der Waals surface area contributed by atoms with Crippen molar-refractivity contribution in [1.29, 1.82) is 0 Å². The van der Waals surface area contributed by atoms with Crippen LogP contribution in [0, 0.1) is 5.82 Å². The fourth-order valence-corrected chi connectivity index (χ4v) is 3.34. The summed E-state index contributed by atoms with van der Waals surface area (Å²) < 4.78 is 15.2.